The SMILES string of the molecule is CC[C@@H](C)c1ccccc1NC(=O)COC(=O)c1ccccc1Cc1ccccc1. The number of rotatable bonds is 8. The summed E-state index contributed by atoms with van der Waals surface area (Å²) in [6.45, 7) is 3.90. The summed E-state index contributed by atoms with van der Waals surface area (Å²) >= 11 is 0. The lowest BCUT2D eigenvalue weighted by Crippen LogP contribution is -2.22. The van der Waals surface area contributed by atoms with Gasteiger partial charge in [-0.1, -0.05) is 80.6 Å². The van der Waals surface area contributed by atoms with E-state index < -0.39 is 5.97 Å². The first-order valence-corrected chi connectivity index (χ1v) is 10.3. The van der Waals surface area contributed by atoms with Gasteiger partial charge < -0.3 is 10.1 Å². The molecule has 0 aromatic heterocycles. The van der Waals surface area contributed by atoms with E-state index in [9.17, 15) is 9.59 Å². The maximum absolute atomic E-state index is 12.6. The number of hydrogen-bond donors (Lipinski definition) is 1. The molecule has 0 radical (unpaired) electrons. The molecule has 0 spiro atoms. The molecule has 30 heavy (non-hydrogen) atoms. The Labute approximate surface area is 177 Å². The summed E-state index contributed by atoms with van der Waals surface area (Å²) in [5.74, 6) is -0.513. The molecule has 4 nitrogen and oxygen atoms in total. The van der Waals surface area contributed by atoms with Gasteiger partial charge in [-0.25, -0.2) is 4.79 Å². The fourth-order valence-corrected chi connectivity index (χ4v) is 3.34. The van der Waals surface area contributed by atoms with Crippen LogP contribution in [0.25, 0.3) is 0 Å². The van der Waals surface area contributed by atoms with Crippen LogP contribution in [0.15, 0.2) is 78.9 Å². The maximum atomic E-state index is 12.6. The summed E-state index contributed by atoms with van der Waals surface area (Å²) in [6, 6.07) is 25.0. The van der Waals surface area contributed by atoms with Crippen molar-refractivity contribution in [2.24, 2.45) is 0 Å². The van der Waals surface area contributed by atoms with E-state index in [1.165, 1.54) is 0 Å². The first-order valence-electron chi connectivity index (χ1n) is 10.3. The number of para-hydroxylation sites is 1. The minimum Gasteiger partial charge on any atom is -0.452 e. The predicted octanol–water partition coefficient (Wildman–Crippen LogP) is 5.59. The van der Waals surface area contributed by atoms with Gasteiger partial charge >= 0.3 is 5.97 Å². The molecule has 0 aliphatic carbocycles. The molecule has 4 heteroatoms. The van der Waals surface area contributed by atoms with Crippen LogP contribution in [0.4, 0.5) is 5.69 Å². The summed E-state index contributed by atoms with van der Waals surface area (Å²) in [7, 11) is 0. The van der Waals surface area contributed by atoms with Crippen molar-refractivity contribution in [2.75, 3.05) is 11.9 Å². The van der Waals surface area contributed by atoms with Gasteiger partial charge in [0.2, 0.25) is 0 Å². The average Bonchev–Trinajstić information content (AvgIpc) is 2.78. The van der Waals surface area contributed by atoms with Crippen LogP contribution < -0.4 is 5.32 Å². The van der Waals surface area contributed by atoms with E-state index in [1.807, 2.05) is 66.7 Å². The molecule has 0 aliphatic heterocycles. The second kappa shape index (κ2) is 10.4. The van der Waals surface area contributed by atoms with E-state index in [-0.39, 0.29) is 12.5 Å². The third-order valence-electron chi connectivity index (χ3n) is 5.19. The van der Waals surface area contributed by atoms with E-state index in [4.69, 9.17) is 4.74 Å². The average molecular weight is 402 g/mol. The molecule has 0 saturated carbocycles. The maximum Gasteiger partial charge on any atom is 0.338 e. The van der Waals surface area contributed by atoms with Crippen molar-refractivity contribution in [3.63, 3.8) is 0 Å². The van der Waals surface area contributed by atoms with Gasteiger partial charge in [0.1, 0.15) is 0 Å². The third-order valence-corrected chi connectivity index (χ3v) is 5.19. The predicted molar refractivity (Wildman–Crippen MR) is 120 cm³/mol. The smallest absolute Gasteiger partial charge is 0.338 e. The molecule has 0 heterocycles. The number of carbonyl (C=O) groups excluding carboxylic acids is 2. The Bertz CT molecular complexity index is 998. The zero-order valence-corrected chi connectivity index (χ0v) is 17.4. The summed E-state index contributed by atoms with van der Waals surface area (Å²) in [6.07, 6.45) is 1.60. The third kappa shape index (κ3) is 5.57. The van der Waals surface area contributed by atoms with E-state index in [2.05, 4.69) is 19.2 Å². The van der Waals surface area contributed by atoms with Crippen LogP contribution >= 0.6 is 0 Å². The molecule has 0 aliphatic rings. The topological polar surface area (TPSA) is 55.4 Å². The Morgan fingerprint density at radius 2 is 1.57 bits per heavy atom. The van der Waals surface area contributed by atoms with Crippen molar-refractivity contribution < 1.29 is 14.3 Å². The molecule has 0 saturated heterocycles. The number of nitrogens with one attached hydrogen (secondary N) is 1. The van der Waals surface area contributed by atoms with Crippen LogP contribution in [0.2, 0.25) is 0 Å². The van der Waals surface area contributed by atoms with Crippen molar-refractivity contribution in [1.29, 1.82) is 0 Å². The number of hydrogen-bond acceptors (Lipinski definition) is 3. The van der Waals surface area contributed by atoms with E-state index >= 15 is 0 Å². The molecular weight excluding hydrogens is 374 g/mol. The monoisotopic (exact) mass is 401 g/mol. The van der Waals surface area contributed by atoms with Crippen molar-refractivity contribution >= 4 is 17.6 Å². The van der Waals surface area contributed by atoms with Gasteiger partial charge in [0.05, 0.1) is 5.56 Å². The molecule has 3 rings (SSSR count). The Hall–Kier alpha value is -3.40. The van der Waals surface area contributed by atoms with Gasteiger partial charge in [-0.3, -0.25) is 4.79 Å². The van der Waals surface area contributed by atoms with Crippen molar-refractivity contribution in [2.45, 2.75) is 32.6 Å². The van der Waals surface area contributed by atoms with Gasteiger partial charge in [0, 0.05) is 5.69 Å². The molecule has 1 amide bonds. The highest BCUT2D eigenvalue weighted by molar-refractivity contribution is 5.96. The van der Waals surface area contributed by atoms with Gasteiger partial charge in [0.25, 0.3) is 5.91 Å². The normalized spacial score (nSPS) is 11.5. The quantitative estimate of drug-likeness (QED) is 0.501. The van der Waals surface area contributed by atoms with Gasteiger partial charge in [0.15, 0.2) is 6.61 Å². The molecule has 3 aromatic rings. The highest BCUT2D eigenvalue weighted by Crippen LogP contribution is 2.26. The van der Waals surface area contributed by atoms with Crippen LogP contribution in [0.5, 0.6) is 0 Å². The number of benzene rings is 3. The summed E-state index contributed by atoms with van der Waals surface area (Å²) < 4.78 is 5.32. The summed E-state index contributed by atoms with van der Waals surface area (Å²) in [4.78, 5) is 25.0. The van der Waals surface area contributed by atoms with Crippen LogP contribution in [-0.4, -0.2) is 18.5 Å². The summed E-state index contributed by atoms with van der Waals surface area (Å²) in [5.41, 5.74) is 4.30. The molecule has 0 fully saturated rings. The lowest BCUT2D eigenvalue weighted by atomic mass is 9.97. The Kier molecular flexibility index (Phi) is 7.39. The zero-order valence-electron chi connectivity index (χ0n) is 17.4. The van der Waals surface area contributed by atoms with Crippen LogP contribution in [0.3, 0.4) is 0 Å². The molecular formula is C26H27NO3. The van der Waals surface area contributed by atoms with Crippen LogP contribution in [0.1, 0.15) is 53.2 Å². The van der Waals surface area contributed by atoms with Crippen molar-refractivity contribution in [3.8, 4) is 0 Å². The highest BCUT2D eigenvalue weighted by Gasteiger charge is 2.16. The van der Waals surface area contributed by atoms with Gasteiger partial charge in [-0.15, -0.1) is 0 Å². The zero-order chi connectivity index (χ0) is 21.3. The van der Waals surface area contributed by atoms with Gasteiger partial charge in [-0.2, -0.15) is 0 Å². The van der Waals surface area contributed by atoms with Gasteiger partial charge in [-0.05, 0) is 47.6 Å². The fraction of sp³-hybridized carbons (Fsp3) is 0.231. The summed E-state index contributed by atoms with van der Waals surface area (Å²) in [5, 5.41) is 2.87. The Balaban J connectivity index is 1.63. The number of amides is 1. The van der Waals surface area contributed by atoms with E-state index in [0.29, 0.717) is 17.9 Å². The standard InChI is InChI=1S/C26H27NO3/c1-3-19(2)22-14-9-10-16-24(22)27-25(28)18-30-26(29)23-15-8-7-13-21(23)17-20-11-5-4-6-12-20/h4-16,19H,3,17-18H2,1-2H3,(H,27,28)/t19-/m1/s1. The molecule has 1 atom stereocenters. The molecule has 1 N–H and O–H groups in total. The van der Waals surface area contributed by atoms with Crippen molar-refractivity contribution in [1.82, 2.24) is 0 Å². The molecule has 3 aromatic carbocycles. The largest absolute Gasteiger partial charge is 0.452 e. The lowest BCUT2D eigenvalue weighted by molar-refractivity contribution is -0.119. The minimum absolute atomic E-state index is 0.326. The Morgan fingerprint density at radius 3 is 2.33 bits per heavy atom. The lowest BCUT2D eigenvalue weighted by Gasteiger charge is -2.15. The second-order valence-electron chi connectivity index (χ2n) is 7.34. The number of anilines is 1. The number of ether oxygens (including phenoxy) is 1. The first-order chi connectivity index (χ1) is 14.6. The van der Waals surface area contributed by atoms with Crippen molar-refractivity contribution in [3.05, 3.63) is 101 Å². The number of carbonyl (C=O) groups is 2. The van der Waals surface area contributed by atoms with Crippen LogP contribution in [-0.2, 0) is 16.0 Å². The first kappa shape index (κ1) is 21.3. The van der Waals surface area contributed by atoms with E-state index in [1.54, 1.807) is 12.1 Å². The Morgan fingerprint density at radius 1 is 0.900 bits per heavy atom. The molecule has 154 valence electrons. The van der Waals surface area contributed by atoms with E-state index in [0.717, 1.165) is 28.8 Å². The fourth-order valence-electron chi connectivity index (χ4n) is 3.34. The minimum atomic E-state index is -0.494. The number of esters is 1. The highest BCUT2D eigenvalue weighted by atomic mass is 16.5. The second-order valence-corrected chi connectivity index (χ2v) is 7.34. The molecule has 0 unspecified atom stereocenters. The molecule has 0 bridgehead atoms. The van der Waals surface area contributed by atoms with Crippen LogP contribution in [0, 0.1) is 0 Å².